The minimum absolute atomic E-state index is 1.11. The average molecular weight is 894 g/mol. The van der Waals surface area contributed by atoms with Gasteiger partial charge in [0, 0.05) is 53.0 Å². The molecule has 0 aliphatic carbocycles. The summed E-state index contributed by atoms with van der Waals surface area (Å²) in [5.74, 6) is 0. The van der Waals surface area contributed by atoms with E-state index in [1.807, 2.05) is 12.1 Å². The second-order valence-electron chi connectivity index (χ2n) is 15.6. The summed E-state index contributed by atoms with van der Waals surface area (Å²) in [5.41, 5.74) is 15.7. The summed E-state index contributed by atoms with van der Waals surface area (Å²) in [4.78, 5) is 0. The van der Waals surface area contributed by atoms with Gasteiger partial charge in [-0.3, -0.25) is 0 Å². The highest BCUT2D eigenvalue weighted by Gasteiger charge is 2.18. The third-order valence-corrected chi connectivity index (χ3v) is 12.6. The molecule has 12 rings (SSSR count). The predicted octanol–water partition coefficient (Wildman–Crippen LogP) is 16.0. The van der Waals surface area contributed by atoms with Crippen LogP contribution >= 0.6 is 22.6 Å². The normalized spacial score (nSPS) is 11.5. The van der Waals surface area contributed by atoms with Crippen LogP contribution in [0.4, 0.5) is 0 Å². The van der Waals surface area contributed by atoms with E-state index >= 15 is 0 Å². The predicted molar refractivity (Wildman–Crippen MR) is 269 cm³/mol. The molecule has 3 heterocycles. The third kappa shape index (κ3) is 6.25. The first kappa shape index (κ1) is 36.9. The van der Waals surface area contributed by atoms with Gasteiger partial charge in [0.1, 0.15) is 0 Å². The van der Waals surface area contributed by atoms with Crippen molar-refractivity contribution in [3.8, 4) is 28.2 Å². The molecular weight excluding hydrogens is 854 g/mol. The van der Waals surface area contributed by atoms with E-state index in [-0.39, 0.29) is 0 Å². The lowest BCUT2D eigenvalue weighted by atomic mass is 10.0. The van der Waals surface area contributed by atoms with E-state index in [4.69, 9.17) is 0 Å². The SMILES string of the molecule is C=C(I)c1ccccc1C.c1ccc(-n2c3ccc(-c4cccc(-n5c6ccccc6c6ccccc65)c4)cc3c3cc(-n4c5ccccc5c5ccccc54)ccc32)cc1. The lowest BCUT2D eigenvalue weighted by molar-refractivity contribution is 1.16. The molecule has 0 aliphatic heterocycles. The number of halogens is 1. The molecule has 0 N–H and O–H groups in total. The minimum Gasteiger partial charge on any atom is -0.309 e. The van der Waals surface area contributed by atoms with Gasteiger partial charge < -0.3 is 13.7 Å². The molecule has 0 spiro atoms. The van der Waals surface area contributed by atoms with E-state index in [0.29, 0.717) is 0 Å². The van der Waals surface area contributed by atoms with Gasteiger partial charge in [-0.15, -0.1) is 0 Å². The Hall–Kier alpha value is -7.15. The average Bonchev–Trinajstić information content (AvgIpc) is 3.95. The molecular formula is C57H40IN3. The molecule has 0 saturated heterocycles. The van der Waals surface area contributed by atoms with Crippen molar-refractivity contribution < 1.29 is 0 Å². The molecule has 0 amide bonds. The summed E-state index contributed by atoms with van der Waals surface area (Å²) in [6, 6.07) is 76.7. The second-order valence-corrected chi connectivity index (χ2v) is 16.9. The summed E-state index contributed by atoms with van der Waals surface area (Å²) in [6.45, 7) is 5.97. The van der Waals surface area contributed by atoms with Crippen LogP contribution in [0.25, 0.3) is 97.2 Å². The van der Waals surface area contributed by atoms with Crippen LogP contribution in [-0.4, -0.2) is 13.7 Å². The molecule has 3 aromatic heterocycles. The fraction of sp³-hybridized carbons (Fsp3) is 0.0175. The van der Waals surface area contributed by atoms with Crippen LogP contribution < -0.4 is 0 Å². The van der Waals surface area contributed by atoms with E-state index in [9.17, 15) is 0 Å². The molecule has 0 bridgehead atoms. The highest BCUT2D eigenvalue weighted by atomic mass is 127. The Balaban J connectivity index is 0.000000373. The van der Waals surface area contributed by atoms with Gasteiger partial charge in [0.25, 0.3) is 0 Å². The molecule has 0 fully saturated rings. The van der Waals surface area contributed by atoms with Crippen LogP contribution in [-0.2, 0) is 0 Å². The number of hydrogen-bond donors (Lipinski definition) is 0. The maximum absolute atomic E-state index is 3.87. The van der Waals surface area contributed by atoms with E-state index in [1.54, 1.807) is 0 Å². The fourth-order valence-electron chi connectivity index (χ4n) is 9.29. The summed E-state index contributed by atoms with van der Waals surface area (Å²) in [5, 5.41) is 7.54. The van der Waals surface area contributed by atoms with Crippen molar-refractivity contribution in [3.05, 3.63) is 230 Å². The van der Waals surface area contributed by atoms with Gasteiger partial charge in [0.2, 0.25) is 0 Å². The third-order valence-electron chi connectivity index (χ3n) is 12.1. The number of aromatic nitrogens is 3. The molecule has 4 heteroatoms. The summed E-state index contributed by atoms with van der Waals surface area (Å²) in [7, 11) is 0. The van der Waals surface area contributed by atoms with Crippen molar-refractivity contribution in [1.29, 1.82) is 0 Å². The second kappa shape index (κ2) is 15.1. The minimum atomic E-state index is 1.11. The number of benzene rings is 9. The first-order chi connectivity index (χ1) is 30.0. The zero-order chi connectivity index (χ0) is 41.0. The highest BCUT2D eigenvalue weighted by Crippen LogP contribution is 2.39. The van der Waals surface area contributed by atoms with Crippen molar-refractivity contribution >= 4 is 91.6 Å². The Morgan fingerprint density at radius 3 is 1.30 bits per heavy atom. The Labute approximate surface area is 368 Å². The number of nitrogens with zero attached hydrogens (tertiary/aromatic N) is 3. The van der Waals surface area contributed by atoms with Crippen molar-refractivity contribution in [2.45, 2.75) is 6.92 Å². The molecule has 12 aromatic rings. The largest absolute Gasteiger partial charge is 0.309 e. The Kier molecular flexibility index (Phi) is 9.16. The summed E-state index contributed by atoms with van der Waals surface area (Å²) >= 11 is 2.24. The number of para-hydroxylation sites is 5. The van der Waals surface area contributed by atoms with Gasteiger partial charge in [0.15, 0.2) is 0 Å². The van der Waals surface area contributed by atoms with Crippen molar-refractivity contribution in [2.75, 3.05) is 0 Å². The maximum Gasteiger partial charge on any atom is 0.0542 e. The van der Waals surface area contributed by atoms with Crippen LogP contribution in [0.3, 0.4) is 0 Å². The van der Waals surface area contributed by atoms with Gasteiger partial charge in [-0.25, -0.2) is 0 Å². The summed E-state index contributed by atoms with van der Waals surface area (Å²) in [6.07, 6.45) is 0. The van der Waals surface area contributed by atoms with Crippen molar-refractivity contribution in [1.82, 2.24) is 13.7 Å². The molecule has 0 aliphatic rings. The van der Waals surface area contributed by atoms with E-state index in [2.05, 4.69) is 250 Å². The molecule has 0 unspecified atom stereocenters. The number of rotatable bonds is 5. The standard InChI is InChI=1S/C48H31N3.C9H9I/c1-2-14-34(15-3-1)49-47-27-25-33(32-13-12-16-35(29-32)50-43-21-8-4-17-37(43)38-18-5-9-22-44(38)50)30-41(47)42-31-36(26-28-48(42)49)51-45-23-10-6-19-39(45)40-20-7-11-24-46(40)51;1-7-5-3-4-6-9(7)8(2)10/h1-31H;3-6H,2H2,1H3. The monoisotopic (exact) mass is 893 g/mol. The zero-order valence-electron chi connectivity index (χ0n) is 33.6. The van der Waals surface area contributed by atoms with Gasteiger partial charge in [-0.2, -0.15) is 0 Å². The van der Waals surface area contributed by atoms with Crippen molar-refractivity contribution in [2.24, 2.45) is 0 Å². The smallest absolute Gasteiger partial charge is 0.0542 e. The first-order valence-corrected chi connectivity index (χ1v) is 21.7. The maximum atomic E-state index is 3.87. The molecule has 0 atom stereocenters. The topological polar surface area (TPSA) is 14.8 Å². The van der Waals surface area contributed by atoms with E-state index < -0.39 is 0 Å². The Morgan fingerprint density at radius 1 is 0.344 bits per heavy atom. The fourth-order valence-corrected chi connectivity index (χ4v) is 9.89. The van der Waals surface area contributed by atoms with Crippen LogP contribution in [0, 0.1) is 6.92 Å². The number of fused-ring (bicyclic) bond motifs is 9. The highest BCUT2D eigenvalue weighted by molar-refractivity contribution is 14.1. The van der Waals surface area contributed by atoms with E-state index in [1.165, 1.54) is 87.7 Å². The van der Waals surface area contributed by atoms with Crippen LogP contribution in [0.1, 0.15) is 11.1 Å². The van der Waals surface area contributed by atoms with Crippen LogP contribution in [0.2, 0.25) is 0 Å². The number of hydrogen-bond acceptors (Lipinski definition) is 0. The van der Waals surface area contributed by atoms with E-state index in [0.717, 1.165) is 20.6 Å². The van der Waals surface area contributed by atoms with Crippen molar-refractivity contribution in [3.63, 3.8) is 0 Å². The lowest BCUT2D eigenvalue weighted by Gasteiger charge is -2.11. The van der Waals surface area contributed by atoms with Gasteiger partial charge in [-0.1, -0.05) is 140 Å². The van der Waals surface area contributed by atoms with Crippen LogP contribution in [0.15, 0.2) is 219 Å². The zero-order valence-corrected chi connectivity index (χ0v) is 35.8. The molecule has 3 nitrogen and oxygen atoms in total. The molecule has 290 valence electrons. The summed E-state index contributed by atoms with van der Waals surface area (Å²) < 4.78 is 8.31. The molecule has 9 aromatic carbocycles. The quantitative estimate of drug-likeness (QED) is 0.153. The molecule has 0 radical (unpaired) electrons. The number of aryl methyl sites for hydroxylation is 1. The lowest BCUT2D eigenvalue weighted by Crippen LogP contribution is -1.95. The van der Waals surface area contributed by atoms with Gasteiger partial charge in [0.05, 0.1) is 33.1 Å². The molecule has 61 heavy (non-hydrogen) atoms. The van der Waals surface area contributed by atoms with Gasteiger partial charge >= 0.3 is 0 Å². The molecule has 0 saturated carbocycles. The van der Waals surface area contributed by atoms with Gasteiger partial charge in [-0.05, 0) is 131 Å². The first-order valence-electron chi connectivity index (χ1n) is 20.6. The Bertz CT molecular complexity index is 3530. The van der Waals surface area contributed by atoms with Crippen LogP contribution in [0.5, 0.6) is 0 Å². The Morgan fingerprint density at radius 2 is 0.754 bits per heavy atom.